The molecule has 3 heteroatoms. The first-order valence-corrected chi connectivity index (χ1v) is 5.76. The molecule has 0 aliphatic heterocycles. The first-order chi connectivity index (χ1) is 7.63. The van der Waals surface area contributed by atoms with Crippen molar-refractivity contribution in [3.05, 3.63) is 29.8 Å². The summed E-state index contributed by atoms with van der Waals surface area (Å²) in [6.45, 7) is 3.73. The van der Waals surface area contributed by atoms with Crippen molar-refractivity contribution in [2.45, 2.75) is 19.4 Å². The van der Waals surface area contributed by atoms with E-state index in [9.17, 15) is 0 Å². The zero-order chi connectivity index (χ0) is 12.0. The summed E-state index contributed by atoms with van der Waals surface area (Å²) in [5, 5.41) is 0. The minimum atomic E-state index is 0.135. The van der Waals surface area contributed by atoms with Gasteiger partial charge in [0.15, 0.2) is 0 Å². The minimum Gasteiger partial charge on any atom is -0.492 e. The van der Waals surface area contributed by atoms with Gasteiger partial charge in [0.1, 0.15) is 12.4 Å². The molecule has 0 fully saturated rings. The molecule has 2 N–H and O–H groups in total. The molecule has 0 saturated carbocycles. The smallest absolute Gasteiger partial charge is 0.119 e. The highest BCUT2D eigenvalue weighted by atomic mass is 16.5. The lowest BCUT2D eigenvalue weighted by atomic mass is 10.1. The molecule has 1 rings (SSSR count). The number of benzene rings is 1. The molecule has 16 heavy (non-hydrogen) atoms. The Balaban J connectivity index is 2.45. The Morgan fingerprint density at radius 3 is 2.38 bits per heavy atom. The first-order valence-electron chi connectivity index (χ1n) is 5.76. The Labute approximate surface area is 98.2 Å². The molecule has 1 aromatic rings. The third-order valence-electron chi connectivity index (χ3n) is 2.56. The maximum Gasteiger partial charge on any atom is 0.119 e. The topological polar surface area (TPSA) is 38.5 Å². The molecule has 0 aromatic heterocycles. The van der Waals surface area contributed by atoms with Crippen molar-refractivity contribution in [1.82, 2.24) is 4.90 Å². The summed E-state index contributed by atoms with van der Waals surface area (Å²) in [4.78, 5) is 2.10. The molecule has 0 heterocycles. The van der Waals surface area contributed by atoms with Gasteiger partial charge in [-0.2, -0.15) is 0 Å². The fraction of sp³-hybridized carbons (Fsp3) is 0.538. The number of nitrogens with two attached hydrogens (primary N) is 1. The van der Waals surface area contributed by atoms with Crippen molar-refractivity contribution in [2.75, 3.05) is 27.2 Å². The Hall–Kier alpha value is -1.06. The molecule has 0 radical (unpaired) electrons. The van der Waals surface area contributed by atoms with E-state index in [1.807, 2.05) is 38.4 Å². The largest absolute Gasteiger partial charge is 0.492 e. The molecule has 1 atom stereocenters. The molecular formula is C13H22N2O. The van der Waals surface area contributed by atoms with E-state index in [1.54, 1.807) is 0 Å². The van der Waals surface area contributed by atoms with Gasteiger partial charge in [-0.3, -0.25) is 0 Å². The van der Waals surface area contributed by atoms with Crippen LogP contribution in [-0.4, -0.2) is 32.1 Å². The summed E-state index contributed by atoms with van der Waals surface area (Å²) < 4.78 is 5.60. The first kappa shape index (κ1) is 13.0. The second-order valence-corrected chi connectivity index (χ2v) is 4.24. The van der Waals surface area contributed by atoms with E-state index < -0.39 is 0 Å². The van der Waals surface area contributed by atoms with Gasteiger partial charge in [0, 0.05) is 12.6 Å². The van der Waals surface area contributed by atoms with E-state index in [4.69, 9.17) is 10.5 Å². The minimum absolute atomic E-state index is 0.135. The van der Waals surface area contributed by atoms with E-state index in [2.05, 4.69) is 11.8 Å². The maximum atomic E-state index is 5.94. The summed E-state index contributed by atoms with van der Waals surface area (Å²) in [5.74, 6) is 0.911. The van der Waals surface area contributed by atoms with Crippen LogP contribution in [0.25, 0.3) is 0 Å². The zero-order valence-electron chi connectivity index (χ0n) is 10.4. The second-order valence-electron chi connectivity index (χ2n) is 4.24. The molecule has 1 aromatic carbocycles. The lowest BCUT2D eigenvalue weighted by Crippen LogP contribution is -2.19. The van der Waals surface area contributed by atoms with Crippen molar-refractivity contribution < 1.29 is 4.74 Å². The Morgan fingerprint density at radius 1 is 1.25 bits per heavy atom. The standard InChI is InChI=1S/C13H22N2O/c1-4-13(14)11-5-7-12(8-6-11)16-10-9-15(2)3/h5-8,13H,4,9-10,14H2,1-3H3/t13-/m0/s1. The molecule has 0 saturated heterocycles. The van der Waals surface area contributed by atoms with Crippen LogP contribution in [0.4, 0.5) is 0 Å². The molecule has 90 valence electrons. The van der Waals surface area contributed by atoms with Crippen LogP contribution in [0.3, 0.4) is 0 Å². The molecule has 0 aliphatic carbocycles. The number of ether oxygens (including phenoxy) is 1. The van der Waals surface area contributed by atoms with Crippen LogP contribution in [0.5, 0.6) is 5.75 Å². The van der Waals surface area contributed by atoms with Gasteiger partial charge in [0.2, 0.25) is 0 Å². The normalized spacial score (nSPS) is 12.8. The van der Waals surface area contributed by atoms with Crippen molar-refractivity contribution in [3.63, 3.8) is 0 Å². The number of rotatable bonds is 6. The molecule has 0 unspecified atom stereocenters. The third-order valence-corrected chi connectivity index (χ3v) is 2.56. The molecule has 0 bridgehead atoms. The summed E-state index contributed by atoms with van der Waals surface area (Å²) in [5.41, 5.74) is 7.11. The highest BCUT2D eigenvalue weighted by molar-refractivity contribution is 5.28. The Morgan fingerprint density at radius 2 is 1.88 bits per heavy atom. The number of hydrogen-bond acceptors (Lipinski definition) is 3. The van der Waals surface area contributed by atoms with Crippen LogP contribution in [-0.2, 0) is 0 Å². The van der Waals surface area contributed by atoms with Crippen LogP contribution in [0.15, 0.2) is 24.3 Å². The van der Waals surface area contributed by atoms with Gasteiger partial charge in [-0.05, 0) is 38.2 Å². The number of hydrogen-bond donors (Lipinski definition) is 1. The van der Waals surface area contributed by atoms with Gasteiger partial charge in [0.05, 0.1) is 0 Å². The van der Waals surface area contributed by atoms with Gasteiger partial charge in [-0.25, -0.2) is 0 Å². The van der Waals surface area contributed by atoms with Crippen LogP contribution >= 0.6 is 0 Å². The Bertz CT molecular complexity index is 295. The summed E-state index contributed by atoms with van der Waals surface area (Å²) >= 11 is 0. The second kappa shape index (κ2) is 6.51. The van der Waals surface area contributed by atoms with Crippen molar-refractivity contribution in [2.24, 2.45) is 5.73 Å². The number of likely N-dealkylation sites (N-methyl/N-ethyl adjacent to an activating group) is 1. The highest BCUT2D eigenvalue weighted by Gasteiger charge is 2.02. The van der Waals surface area contributed by atoms with Gasteiger partial charge in [-0.15, -0.1) is 0 Å². The summed E-state index contributed by atoms with van der Waals surface area (Å²) in [6, 6.07) is 8.19. The predicted molar refractivity (Wildman–Crippen MR) is 67.7 cm³/mol. The van der Waals surface area contributed by atoms with Gasteiger partial charge >= 0.3 is 0 Å². The summed E-state index contributed by atoms with van der Waals surface area (Å²) in [6.07, 6.45) is 0.959. The molecular weight excluding hydrogens is 200 g/mol. The average Bonchev–Trinajstić information content (AvgIpc) is 2.28. The van der Waals surface area contributed by atoms with Gasteiger partial charge in [0.25, 0.3) is 0 Å². The third kappa shape index (κ3) is 4.21. The van der Waals surface area contributed by atoms with Crippen LogP contribution < -0.4 is 10.5 Å². The SMILES string of the molecule is CC[C@H](N)c1ccc(OCCN(C)C)cc1. The monoisotopic (exact) mass is 222 g/mol. The predicted octanol–water partition coefficient (Wildman–Crippen LogP) is 2.04. The lowest BCUT2D eigenvalue weighted by Gasteiger charge is -2.12. The van der Waals surface area contributed by atoms with E-state index in [0.717, 1.165) is 18.7 Å². The average molecular weight is 222 g/mol. The van der Waals surface area contributed by atoms with Gasteiger partial charge in [-0.1, -0.05) is 19.1 Å². The van der Waals surface area contributed by atoms with Crippen molar-refractivity contribution >= 4 is 0 Å². The van der Waals surface area contributed by atoms with E-state index >= 15 is 0 Å². The molecule has 3 nitrogen and oxygen atoms in total. The molecule has 0 spiro atoms. The zero-order valence-corrected chi connectivity index (χ0v) is 10.4. The summed E-state index contributed by atoms with van der Waals surface area (Å²) in [7, 11) is 4.07. The van der Waals surface area contributed by atoms with Crippen LogP contribution in [0.2, 0.25) is 0 Å². The van der Waals surface area contributed by atoms with Crippen molar-refractivity contribution in [1.29, 1.82) is 0 Å². The fourth-order valence-corrected chi connectivity index (χ4v) is 1.39. The molecule has 0 amide bonds. The number of nitrogens with zero attached hydrogens (tertiary/aromatic N) is 1. The van der Waals surface area contributed by atoms with Crippen LogP contribution in [0.1, 0.15) is 24.9 Å². The lowest BCUT2D eigenvalue weighted by molar-refractivity contribution is 0.261. The van der Waals surface area contributed by atoms with Crippen molar-refractivity contribution in [3.8, 4) is 5.75 Å². The van der Waals surface area contributed by atoms with E-state index in [-0.39, 0.29) is 6.04 Å². The van der Waals surface area contributed by atoms with Gasteiger partial charge < -0.3 is 15.4 Å². The quantitative estimate of drug-likeness (QED) is 0.800. The molecule has 0 aliphatic rings. The Kier molecular flexibility index (Phi) is 5.29. The maximum absolute atomic E-state index is 5.94. The van der Waals surface area contributed by atoms with E-state index in [0.29, 0.717) is 6.61 Å². The fourth-order valence-electron chi connectivity index (χ4n) is 1.39. The van der Waals surface area contributed by atoms with Crippen LogP contribution in [0, 0.1) is 0 Å². The van der Waals surface area contributed by atoms with E-state index in [1.165, 1.54) is 5.56 Å². The highest BCUT2D eigenvalue weighted by Crippen LogP contribution is 2.18.